The van der Waals surface area contributed by atoms with Crippen LogP contribution < -0.4 is 10.6 Å². The third-order valence-electron chi connectivity index (χ3n) is 3.15. The molecule has 116 valence electrons. The van der Waals surface area contributed by atoms with Crippen LogP contribution in [0.3, 0.4) is 0 Å². The summed E-state index contributed by atoms with van der Waals surface area (Å²) in [6.07, 6.45) is 5.11. The molecule has 0 aliphatic heterocycles. The summed E-state index contributed by atoms with van der Waals surface area (Å²) in [5.41, 5.74) is 2.21. The van der Waals surface area contributed by atoms with Crippen molar-refractivity contribution in [3.63, 3.8) is 0 Å². The van der Waals surface area contributed by atoms with Gasteiger partial charge in [0.25, 0.3) is 0 Å². The van der Waals surface area contributed by atoms with Crippen molar-refractivity contribution in [3.8, 4) is 0 Å². The third kappa shape index (κ3) is 4.62. The number of anilines is 2. The molecule has 0 spiro atoms. The van der Waals surface area contributed by atoms with E-state index in [2.05, 4.69) is 30.8 Å². The molecule has 0 saturated heterocycles. The van der Waals surface area contributed by atoms with Gasteiger partial charge in [-0.1, -0.05) is 23.7 Å². The fourth-order valence-electron chi connectivity index (χ4n) is 1.94. The van der Waals surface area contributed by atoms with Crippen LogP contribution in [-0.2, 0) is 13.1 Å². The highest BCUT2D eigenvalue weighted by Crippen LogP contribution is 2.11. The van der Waals surface area contributed by atoms with Gasteiger partial charge in [-0.05, 0) is 35.4 Å². The maximum absolute atomic E-state index is 5.87. The van der Waals surface area contributed by atoms with E-state index in [1.54, 1.807) is 18.6 Å². The standard InChI is InChI=1S/C16H15ClN6/c17-14-3-1-12(2-4-14)10-20-16-22-15(11-21-23-16)19-9-13-5-7-18-8-6-13/h1-8,11H,9-10H2,(H2,19,20,22,23). The number of hydrogen-bond donors (Lipinski definition) is 2. The molecule has 6 nitrogen and oxygen atoms in total. The van der Waals surface area contributed by atoms with Gasteiger partial charge in [0.05, 0.1) is 6.20 Å². The Balaban J connectivity index is 1.57. The number of benzene rings is 1. The van der Waals surface area contributed by atoms with E-state index in [9.17, 15) is 0 Å². The van der Waals surface area contributed by atoms with Crippen LogP contribution in [0.2, 0.25) is 5.02 Å². The average Bonchev–Trinajstić information content (AvgIpc) is 2.61. The fraction of sp³-hybridized carbons (Fsp3) is 0.125. The highest BCUT2D eigenvalue weighted by molar-refractivity contribution is 6.30. The van der Waals surface area contributed by atoms with Gasteiger partial charge in [0.15, 0.2) is 5.82 Å². The van der Waals surface area contributed by atoms with Gasteiger partial charge in [0.2, 0.25) is 5.95 Å². The van der Waals surface area contributed by atoms with E-state index in [1.807, 2.05) is 36.4 Å². The second kappa shape index (κ2) is 7.51. The summed E-state index contributed by atoms with van der Waals surface area (Å²) >= 11 is 5.87. The number of nitrogens with zero attached hydrogens (tertiary/aromatic N) is 4. The minimum absolute atomic E-state index is 0.472. The summed E-state index contributed by atoms with van der Waals surface area (Å²) < 4.78 is 0. The normalized spacial score (nSPS) is 10.3. The summed E-state index contributed by atoms with van der Waals surface area (Å²) in [6.45, 7) is 1.25. The topological polar surface area (TPSA) is 75.6 Å². The van der Waals surface area contributed by atoms with E-state index >= 15 is 0 Å². The van der Waals surface area contributed by atoms with Crippen LogP contribution in [0.1, 0.15) is 11.1 Å². The smallest absolute Gasteiger partial charge is 0.244 e. The Hall–Kier alpha value is -2.73. The molecule has 0 saturated carbocycles. The highest BCUT2D eigenvalue weighted by Gasteiger charge is 2.01. The van der Waals surface area contributed by atoms with Gasteiger partial charge in [-0.3, -0.25) is 4.98 Å². The predicted octanol–water partition coefficient (Wildman–Crippen LogP) is 3.14. The van der Waals surface area contributed by atoms with E-state index in [4.69, 9.17) is 11.6 Å². The molecule has 7 heteroatoms. The van der Waals surface area contributed by atoms with Crippen molar-refractivity contribution in [1.82, 2.24) is 20.2 Å². The lowest BCUT2D eigenvalue weighted by Crippen LogP contribution is -2.08. The third-order valence-corrected chi connectivity index (χ3v) is 3.40. The largest absolute Gasteiger partial charge is 0.365 e. The first-order chi connectivity index (χ1) is 11.3. The zero-order valence-corrected chi connectivity index (χ0v) is 13.0. The van der Waals surface area contributed by atoms with Crippen LogP contribution in [0.5, 0.6) is 0 Å². The predicted molar refractivity (Wildman–Crippen MR) is 90.2 cm³/mol. The second-order valence-electron chi connectivity index (χ2n) is 4.85. The Labute approximate surface area is 139 Å². The van der Waals surface area contributed by atoms with Crippen LogP contribution in [-0.4, -0.2) is 20.2 Å². The lowest BCUT2D eigenvalue weighted by atomic mass is 10.2. The Morgan fingerprint density at radius 1 is 0.870 bits per heavy atom. The molecule has 3 aromatic rings. The number of aromatic nitrogens is 4. The maximum Gasteiger partial charge on any atom is 0.244 e. The van der Waals surface area contributed by atoms with Crippen molar-refractivity contribution >= 4 is 23.4 Å². The summed E-state index contributed by atoms with van der Waals surface area (Å²) in [5.74, 6) is 1.13. The quantitative estimate of drug-likeness (QED) is 0.724. The van der Waals surface area contributed by atoms with E-state index in [1.165, 1.54) is 0 Å². The Kier molecular flexibility index (Phi) is 4.95. The van der Waals surface area contributed by atoms with Crippen LogP contribution in [0, 0.1) is 0 Å². The molecule has 3 rings (SSSR count). The Morgan fingerprint density at radius 3 is 2.35 bits per heavy atom. The van der Waals surface area contributed by atoms with Crippen molar-refractivity contribution in [2.45, 2.75) is 13.1 Å². The SMILES string of the molecule is Clc1ccc(CNc2nncc(NCc3ccncc3)n2)cc1. The number of hydrogen-bond acceptors (Lipinski definition) is 6. The van der Waals surface area contributed by atoms with E-state index in [0.29, 0.717) is 29.9 Å². The first kappa shape index (κ1) is 15.2. The molecule has 0 aliphatic carbocycles. The van der Waals surface area contributed by atoms with Gasteiger partial charge in [-0.25, -0.2) is 0 Å². The van der Waals surface area contributed by atoms with Gasteiger partial charge in [-0.2, -0.15) is 10.1 Å². The minimum Gasteiger partial charge on any atom is -0.365 e. The lowest BCUT2D eigenvalue weighted by Gasteiger charge is -2.08. The van der Waals surface area contributed by atoms with Crippen LogP contribution in [0.15, 0.2) is 55.0 Å². The van der Waals surface area contributed by atoms with Crippen molar-refractivity contribution in [1.29, 1.82) is 0 Å². The Morgan fingerprint density at radius 2 is 1.57 bits per heavy atom. The molecule has 23 heavy (non-hydrogen) atoms. The Bertz CT molecular complexity index is 748. The lowest BCUT2D eigenvalue weighted by molar-refractivity contribution is 0.937. The molecule has 0 amide bonds. The molecule has 0 unspecified atom stereocenters. The molecule has 2 aromatic heterocycles. The molecular weight excluding hydrogens is 312 g/mol. The van der Waals surface area contributed by atoms with Gasteiger partial charge in [0, 0.05) is 30.5 Å². The second-order valence-corrected chi connectivity index (χ2v) is 5.29. The number of halogens is 1. The molecule has 0 radical (unpaired) electrons. The summed E-state index contributed by atoms with van der Waals surface area (Å²) in [5, 5.41) is 15.0. The van der Waals surface area contributed by atoms with Gasteiger partial charge in [-0.15, -0.1) is 5.10 Å². The summed E-state index contributed by atoms with van der Waals surface area (Å²) in [4.78, 5) is 8.37. The molecule has 0 fully saturated rings. The summed E-state index contributed by atoms with van der Waals surface area (Å²) in [7, 11) is 0. The molecule has 0 aliphatic rings. The first-order valence-corrected chi connectivity index (χ1v) is 7.48. The van der Waals surface area contributed by atoms with Gasteiger partial charge < -0.3 is 10.6 Å². The molecule has 1 aromatic carbocycles. The zero-order valence-electron chi connectivity index (χ0n) is 12.3. The van der Waals surface area contributed by atoms with Crippen molar-refractivity contribution < 1.29 is 0 Å². The van der Waals surface area contributed by atoms with Crippen molar-refractivity contribution in [2.24, 2.45) is 0 Å². The molecule has 2 N–H and O–H groups in total. The van der Waals surface area contributed by atoms with Crippen LogP contribution in [0.4, 0.5) is 11.8 Å². The summed E-state index contributed by atoms with van der Waals surface area (Å²) in [6, 6.07) is 11.5. The van der Waals surface area contributed by atoms with Crippen LogP contribution >= 0.6 is 11.6 Å². The number of rotatable bonds is 6. The molecule has 0 atom stereocenters. The van der Waals surface area contributed by atoms with Gasteiger partial charge >= 0.3 is 0 Å². The fourth-order valence-corrected chi connectivity index (χ4v) is 2.07. The number of nitrogens with one attached hydrogen (secondary N) is 2. The maximum atomic E-state index is 5.87. The first-order valence-electron chi connectivity index (χ1n) is 7.10. The number of pyridine rings is 1. The van der Waals surface area contributed by atoms with Crippen molar-refractivity contribution in [3.05, 3.63) is 71.1 Å². The van der Waals surface area contributed by atoms with E-state index in [0.717, 1.165) is 11.1 Å². The average molecular weight is 327 g/mol. The van der Waals surface area contributed by atoms with E-state index in [-0.39, 0.29) is 0 Å². The molecular formula is C16H15ClN6. The highest BCUT2D eigenvalue weighted by atomic mass is 35.5. The van der Waals surface area contributed by atoms with Crippen molar-refractivity contribution in [2.75, 3.05) is 10.6 Å². The van der Waals surface area contributed by atoms with E-state index < -0.39 is 0 Å². The zero-order chi connectivity index (χ0) is 15.9. The van der Waals surface area contributed by atoms with Gasteiger partial charge in [0.1, 0.15) is 0 Å². The molecule has 0 bridgehead atoms. The van der Waals surface area contributed by atoms with Crippen LogP contribution in [0.25, 0.3) is 0 Å². The minimum atomic E-state index is 0.472. The monoisotopic (exact) mass is 326 g/mol. The molecule has 2 heterocycles.